The number of fused-ring (bicyclic) bond motifs is 5. The Labute approximate surface area is 384 Å². The first-order valence-corrected chi connectivity index (χ1v) is 23.8. The average molecular weight is 897 g/mol. The number of hydrogen-bond donors (Lipinski definition) is 0. The molecule has 1 fully saturated rings. The van der Waals surface area contributed by atoms with E-state index >= 15 is 13.2 Å². The van der Waals surface area contributed by atoms with Gasteiger partial charge in [-0.1, -0.05) is 140 Å². The van der Waals surface area contributed by atoms with E-state index in [1.165, 1.54) is 18.1 Å². The van der Waals surface area contributed by atoms with Crippen molar-refractivity contribution >= 4 is 0 Å². The molecule has 5 aromatic carbocycles. The van der Waals surface area contributed by atoms with Gasteiger partial charge < -0.3 is 8.97 Å². The van der Waals surface area contributed by atoms with E-state index in [1.54, 1.807) is 54.6 Å². The highest BCUT2D eigenvalue weighted by Gasteiger charge is 2.57. The summed E-state index contributed by atoms with van der Waals surface area (Å²) >= 11 is 0. The predicted octanol–water partition coefficient (Wildman–Crippen LogP) is 15.4. The molecule has 0 aliphatic heterocycles. The summed E-state index contributed by atoms with van der Waals surface area (Å²) in [4.78, 5) is 0. The molecule has 0 N–H and O–H groups in total. The molecule has 0 aromatic heterocycles. The van der Waals surface area contributed by atoms with Gasteiger partial charge in [-0.05, 0) is 126 Å². The molecular formula is C57H70F6N2+2. The molecule has 0 heterocycles. The van der Waals surface area contributed by atoms with Crippen LogP contribution in [0.4, 0.5) is 26.3 Å². The fraction of sp³-hybridized carbons (Fsp3) is 0.474. The third-order valence-corrected chi connectivity index (χ3v) is 14.9. The van der Waals surface area contributed by atoms with Crippen LogP contribution in [0.25, 0.3) is 33.4 Å². The minimum Gasteiger partial charge on any atom is -0.331 e. The highest BCUT2D eigenvalue weighted by Crippen LogP contribution is 2.59. The van der Waals surface area contributed by atoms with Crippen molar-refractivity contribution in [2.24, 2.45) is 0 Å². The van der Waals surface area contributed by atoms with Gasteiger partial charge in [-0.15, -0.1) is 0 Å². The van der Waals surface area contributed by atoms with Crippen molar-refractivity contribution in [1.29, 1.82) is 0 Å². The Hall–Kier alpha value is -4.40. The van der Waals surface area contributed by atoms with Crippen molar-refractivity contribution in [2.75, 3.05) is 55.4 Å². The highest BCUT2D eigenvalue weighted by atomic mass is 19.4. The fourth-order valence-electron chi connectivity index (χ4n) is 11.0. The van der Waals surface area contributed by atoms with Crippen molar-refractivity contribution in [3.63, 3.8) is 0 Å². The van der Waals surface area contributed by atoms with Crippen molar-refractivity contribution in [2.45, 2.75) is 119 Å². The van der Waals surface area contributed by atoms with Crippen molar-refractivity contribution in [3.8, 4) is 33.4 Å². The lowest BCUT2D eigenvalue weighted by molar-refractivity contribution is -0.870. The van der Waals surface area contributed by atoms with E-state index in [2.05, 4.69) is 67.4 Å². The first-order chi connectivity index (χ1) is 30.5. The Morgan fingerprint density at radius 3 is 1.34 bits per heavy atom. The van der Waals surface area contributed by atoms with Crippen molar-refractivity contribution in [1.82, 2.24) is 0 Å². The molecule has 2 aliphatic carbocycles. The van der Waals surface area contributed by atoms with Gasteiger partial charge in [-0.25, -0.2) is 0 Å². The molecular weight excluding hydrogens is 827 g/mol. The second-order valence-electron chi connectivity index (χ2n) is 21.7. The molecule has 1 spiro atoms. The normalized spacial score (nSPS) is 16.9. The van der Waals surface area contributed by atoms with Gasteiger partial charge in [0, 0.05) is 5.41 Å². The quantitative estimate of drug-likeness (QED) is 0.0496. The molecule has 348 valence electrons. The van der Waals surface area contributed by atoms with Crippen LogP contribution in [-0.4, -0.2) is 76.7 Å². The standard InChI is InChI=1S/C57H70F6N2/c1-41-17-31-49-50-32-30-48(40-52(50)54(51(49)39-41)34-13-14-35-54)55(57(61,62)63,36-12-10-16-38-65(6,7)8)47-28-24-45(25-29-47)43-20-18-42(19-21-43)44-22-26-46(27-23-44)53(2,56(58,59)60)33-11-9-15-37-64(3,4)5/h17-32,39-40H,9-16,33-38H2,1-8H3/q+2. The summed E-state index contributed by atoms with van der Waals surface area (Å²) < 4.78 is 94.2. The van der Waals surface area contributed by atoms with Crippen LogP contribution < -0.4 is 0 Å². The third-order valence-electron chi connectivity index (χ3n) is 14.9. The molecule has 7 rings (SSSR count). The Kier molecular flexibility index (Phi) is 13.7. The lowest BCUT2D eigenvalue weighted by Gasteiger charge is -2.38. The number of benzene rings is 5. The van der Waals surface area contributed by atoms with Crippen molar-refractivity contribution < 1.29 is 35.3 Å². The number of rotatable bonds is 17. The minimum absolute atomic E-state index is 0.0317. The maximum absolute atomic E-state index is 16.3. The lowest BCUT2D eigenvalue weighted by atomic mass is 9.68. The van der Waals surface area contributed by atoms with Gasteiger partial charge in [0.25, 0.3) is 0 Å². The molecule has 0 radical (unpaired) electrons. The molecule has 8 heteroatoms. The molecule has 2 nitrogen and oxygen atoms in total. The Morgan fingerprint density at radius 1 is 0.462 bits per heavy atom. The molecule has 0 amide bonds. The van der Waals surface area contributed by atoms with Gasteiger partial charge in [0.2, 0.25) is 0 Å². The SMILES string of the molecule is Cc1ccc2c(c1)C1(CCCC1)c1cc(C(CCCCC[N+](C)(C)C)(c3ccc(-c4ccc(-c5ccc(C(C)(CCCCC[N+](C)(C)C)C(F)(F)F)cc5)cc4)cc3)C(F)(F)F)ccc1-2. The van der Waals surface area contributed by atoms with Crippen molar-refractivity contribution in [3.05, 3.63) is 143 Å². The van der Waals surface area contributed by atoms with Crippen LogP contribution in [0.15, 0.2) is 109 Å². The molecule has 2 aliphatic rings. The van der Waals surface area contributed by atoms with Gasteiger partial charge in [0.05, 0.1) is 60.8 Å². The number of quaternary nitrogens is 2. The van der Waals surface area contributed by atoms with Gasteiger partial charge in [-0.2, -0.15) is 26.3 Å². The topological polar surface area (TPSA) is 0 Å². The second-order valence-corrected chi connectivity index (χ2v) is 21.7. The molecule has 0 bridgehead atoms. The van der Waals surface area contributed by atoms with Crippen LogP contribution in [0.3, 0.4) is 0 Å². The summed E-state index contributed by atoms with van der Waals surface area (Å²) in [5.41, 5.74) is 5.41. The fourth-order valence-corrected chi connectivity index (χ4v) is 11.0. The van der Waals surface area contributed by atoms with E-state index in [-0.39, 0.29) is 29.4 Å². The monoisotopic (exact) mass is 897 g/mol. The zero-order chi connectivity index (χ0) is 47.1. The van der Waals surface area contributed by atoms with E-state index in [0.29, 0.717) is 24.8 Å². The van der Waals surface area contributed by atoms with Crippen LogP contribution in [0.1, 0.15) is 117 Å². The van der Waals surface area contributed by atoms with Crippen LogP contribution in [-0.2, 0) is 16.2 Å². The van der Waals surface area contributed by atoms with Gasteiger partial charge in [0.15, 0.2) is 0 Å². The van der Waals surface area contributed by atoms with Crippen LogP contribution in [0.5, 0.6) is 0 Å². The van der Waals surface area contributed by atoms with Gasteiger partial charge in [-0.3, -0.25) is 0 Å². The molecule has 5 aromatic rings. The summed E-state index contributed by atoms with van der Waals surface area (Å²) in [6.45, 7) is 5.22. The maximum Gasteiger partial charge on any atom is 0.402 e. The van der Waals surface area contributed by atoms with Gasteiger partial charge >= 0.3 is 12.4 Å². The molecule has 1 saturated carbocycles. The van der Waals surface area contributed by atoms with Crippen LogP contribution in [0, 0.1) is 6.92 Å². The van der Waals surface area contributed by atoms with E-state index < -0.39 is 23.2 Å². The zero-order valence-corrected chi connectivity index (χ0v) is 40.0. The van der Waals surface area contributed by atoms with Crippen LogP contribution in [0.2, 0.25) is 0 Å². The van der Waals surface area contributed by atoms with E-state index in [9.17, 15) is 13.2 Å². The largest absolute Gasteiger partial charge is 0.402 e. The lowest BCUT2D eigenvalue weighted by Crippen LogP contribution is -2.44. The highest BCUT2D eigenvalue weighted by molar-refractivity contribution is 5.82. The van der Waals surface area contributed by atoms with E-state index in [4.69, 9.17) is 0 Å². The number of alkyl halides is 6. The number of nitrogens with zero attached hydrogens (tertiary/aromatic N) is 2. The molecule has 2 unspecified atom stereocenters. The maximum atomic E-state index is 16.3. The Bertz CT molecular complexity index is 2390. The first kappa shape index (κ1) is 48.5. The summed E-state index contributed by atoms with van der Waals surface area (Å²) in [6.07, 6.45) is -0.830. The molecule has 0 saturated heterocycles. The smallest absolute Gasteiger partial charge is 0.331 e. The first-order valence-electron chi connectivity index (χ1n) is 23.8. The third kappa shape index (κ3) is 10.0. The Balaban J connectivity index is 1.17. The zero-order valence-electron chi connectivity index (χ0n) is 40.0. The molecule has 2 atom stereocenters. The predicted molar refractivity (Wildman–Crippen MR) is 256 cm³/mol. The summed E-state index contributed by atoms with van der Waals surface area (Å²) in [5, 5.41) is 0. The number of aryl methyl sites for hydroxylation is 1. The summed E-state index contributed by atoms with van der Waals surface area (Å²) in [7, 11) is 12.6. The molecule has 65 heavy (non-hydrogen) atoms. The Morgan fingerprint density at radius 2 is 0.877 bits per heavy atom. The van der Waals surface area contributed by atoms with E-state index in [0.717, 1.165) is 106 Å². The average Bonchev–Trinajstić information content (AvgIpc) is 3.84. The minimum atomic E-state index is -4.56. The summed E-state index contributed by atoms with van der Waals surface area (Å²) in [6, 6.07) is 33.6. The van der Waals surface area contributed by atoms with E-state index in [1.807, 2.05) is 36.4 Å². The van der Waals surface area contributed by atoms with Crippen LogP contribution >= 0.6 is 0 Å². The number of hydrogen-bond acceptors (Lipinski definition) is 0. The number of halogens is 6. The number of unbranched alkanes of at least 4 members (excludes halogenated alkanes) is 4. The second kappa shape index (κ2) is 18.4. The summed E-state index contributed by atoms with van der Waals surface area (Å²) in [5.74, 6) is 0. The van der Waals surface area contributed by atoms with Gasteiger partial charge in [0.1, 0.15) is 5.41 Å².